The van der Waals surface area contributed by atoms with Gasteiger partial charge in [0.2, 0.25) is 5.91 Å². The van der Waals surface area contributed by atoms with Crippen LogP contribution in [-0.2, 0) is 16.1 Å². The maximum atomic E-state index is 11.8. The molecule has 0 saturated carbocycles. The van der Waals surface area contributed by atoms with Crippen LogP contribution in [0.3, 0.4) is 0 Å². The van der Waals surface area contributed by atoms with Crippen LogP contribution in [-0.4, -0.2) is 40.7 Å². The first-order chi connectivity index (χ1) is 9.72. The monoisotopic (exact) mass is 275 g/mol. The van der Waals surface area contributed by atoms with E-state index in [4.69, 9.17) is 10.5 Å². The van der Waals surface area contributed by atoms with Crippen LogP contribution in [0.1, 0.15) is 0 Å². The molecule has 3 N–H and O–H groups in total. The number of pyridine rings is 1. The normalized spacial score (nSPS) is 10.4. The maximum Gasteiger partial charge on any atom is 0.240 e. The van der Waals surface area contributed by atoms with E-state index < -0.39 is 0 Å². The molecule has 2 aromatic rings. The highest BCUT2D eigenvalue weighted by molar-refractivity contribution is 5.78. The van der Waals surface area contributed by atoms with Gasteiger partial charge in [0, 0.05) is 37.3 Å². The quantitative estimate of drug-likeness (QED) is 0.739. The molecule has 0 aliphatic heterocycles. The lowest BCUT2D eigenvalue weighted by Crippen LogP contribution is -2.30. The van der Waals surface area contributed by atoms with Crippen molar-refractivity contribution in [2.45, 2.75) is 6.54 Å². The summed E-state index contributed by atoms with van der Waals surface area (Å²) in [6, 6.07) is 1.71. The SMILES string of the molecule is COCCNC(=O)Cn1cncc1-c1cnccc1N. The molecular weight excluding hydrogens is 258 g/mol. The van der Waals surface area contributed by atoms with Gasteiger partial charge < -0.3 is 20.4 Å². The van der Waals surface area contributed by atoms with Crippen molar-refractivity contribution in [1.29, 1.82) is 0 Å². The lowest BCUT2D eigenvalue weighted by molar-refractivity contribution is -0.121. The first kappa shape index (κ1) is 14.0. The average molecular weight is 275 g/mol. The molecule has 20 heavy (non-hydrogen) atoms. The Labute approximate surface area is 116 Å². The van der Waals surface area contributed by atoms with Gasteiger partial charge in [0.05, 0.1) is 24.8 Å². The minimum Gasteiger partial charge on any atom is -0.398 e. The van der Waals surface area contributed by atoms with E-state index in [9.17, 15) is 4.79 Å². The fourth-order valence-corrected chi connectivity index (χ4v) is 1.79. The summed E-state index contributed by atoms with van der Waals surface area (Å²) in [6.07, 6.45) is 6.54. The number of anilines is 1. The standard InChI is InChI=1S/C13H17N5O2/c1-20-5-4-17-13(19)8-18-9-16-7-12(18)10-6-15-3-2-11(10)14/h2-3,6-7,9H,4-5,8H2,1H3,(H2,14,15)(H,17,19). The first-order valence-electron chi connectivity index (χ1n) is 6.18. The fraction of sp³-hybridized carbons (Fsp3) is 0.308. The second-order valence-electron chi connectivity index (χ2n) is 4.21. The molecule has 2 heterocycles. The minimum absolute atomic E-state index is 0.108. The van der Waals surface area contributed by atoms with E-state index in [1.165, 1.54) is 0 Å². The number of imidazole rings is 1. The van der Waals surface area contributed by atoms with E-state index in [1.54, 1.807) is 42.7 Å². The molecule has 106 valence electrons. The summed E-state index contributed by atoms with van der Waals surface area (Å²) in [5, 5.41) is 2.76. The van der Waals surface area contributed by atoms with E-state index in [-0.39, 0.29) is 12.5 Å². The van der Waals surface area contributed by atoms with Crippen molar-refractivity contribution in [3.05, 3.63) is 31.0 Å². The second kappa shape index (κ2) is 6.67. The molecule has 0 aromatic carbocycles. The van der Waals surface area contributed by atoms with Gasteiger partial charge in [-0.15, -0.1) is 0 Å². The van der Waals surface area contributed by atoms with Gasteiger partial charge in [-0.1, -0.05) is 0 Å². The number of carbonyl (C=O) groups is 1. The van der Waals surface area contributed by atoms with Crippen LogP contribution >= 0.6 is 0 Å². The molecule has 2 aromatic heterocycles. The van der Waals surface area contributed by atoms with Gasteiger partial charge in [0.1, 0.15) is 6.54 Å². The zero-order chi connectivity index (χ0) is 14.4. The number of aromatic nitrogens is 3. The van der Waals surface area contributed by atoms with Crippen molar-refractivity contribution in [3.8, 4) is 11.3 Å². The van der Waals surface area contributed by atoms with E-state index in [1.807, 2.05) is 0 Å². The number of nitrogens with two attached hydrogens (primary N) is 1. The Morgan fingerprint density at radius 3 is 3.05 bits per heavy atom. The van der Waals surface area contributed by atoms with Crippen LogP contribution in [0.5, 0.6) is 0 Å². The van der Waals surface area contributed by atoms with Crippen molar-refractivity contribution < 1.29 is 9.53 Å². The number of carbonyl (C=O) groups excluding carboxylic acids is 1. The average Bonchev–Trinajstić information content (AvgIpc) is 2.87. The van der Waals surface area contributed by atoms with E-state index in [2.05, 4.69) is 15.3 Å². The summed E-state index contributed by atoms with van der Waals surface area (Å²) < 4.78 is 6.61. The fourth-order valence-electron chi connectivity index (χ4n) is 1.79. The summed E-state index contributed by atoms with van der Waals surface area (Å²) in [6.45, 7) is 1.14. The Balaban J connectivity index is 2.10. The zero-order valence-corrected chi connectivity index (χ0v) is 11.2. The molecule has 0 unspecified atom stereocenters. The van der Waals surface area contributed by atoms with E-state index >= 15 is 0 Å². The van der Waals surface area contributed by atoms with Crippen LogP contribution < -0.4 is 11.1 Å². The molecular formula is C13H17N5O2. The number of rotatable bonds is 6. The molecule has 0 spiro atoms. The maximum absolute atomic E-state index is 11.8. The number of ether oxygens (including phenoxy) is 1. The lowest BCUT2D eigenvalue weighted by atomic mass is 10.2. The van der Waals surface area contributed by atoms with Gasteiger partial charge in [-0.25, -0.2) is 4.98 Å². The summed E-state index contributed by atoms with van der Waals surface area (Å²) in [5.74, 6) is -0.108. The summed E-state index contributed by atoms with van der Waals surface area (Å²) >= 11 is 0. The molecule has 1 amide bonds. The number of nitrogens with one attached hydrogen (secondary N) is 1. The smallest absolute Gasteiger partial charge is 0.240 e. The van der Waals surface area contributed by atoms with Gasteiger partial charge in [-0.3, -0.25) is 9.78 Å². The van der Waals surface area contributed by atoms with Crippen LogP contribution in [0.2, 0.25) is 0 Å². The molecule has 0 saturated heterocycles. The van der Waals surface area contributed by atoms with Gasteiger partial charge in [-0.05, 0) is 6.07 Å². The van der Waals surface area contributed by atoms with Gasteiger partial charge in [0.15, 0.2) is 0 Å². The molecule has 0 bridgehead atoms. The third kappa shape index (κ3) is 3.33. The van der Waals surface area contributed by atoms with Gasteiger partial charge in [0.25, 0.3) is 0 Å². The minimum atomic E-state index is -0.108. The topological polar surface area (TPSA) is 95.1 Å². The molecule has 0 aliphatic carbocycles. The highest BCUT2D eigenvalue weighted by Gasteiger charge is 2.11. The number of hydrogen-bond acceptors (Lipinski definition) is 5. The molecule has 0 radical (unpaired) electrons. The lowest BCUT2D eigenvalue weighted by Gasteiger charge is -2.10. The van der Waals surface area contributed by atoms with E-state index in [0.717, 1.165) is 11.3 Å². The predicted octanol–water partition coefficient (Wildman–Crippen LogP) is 0.290. The summed E-state index contributed by atoms with van der Waals surface area (Å²) in [4.78, 5) is 19.9. The molecule has 0 aliphatic rings. The highest BCUT2D eigenvalue weighted by Crippen LogP contribution is 2.23. The van der Waals surface area contributed by atoms with Crippen molar-refractivity contribution in [2.75, 3.05) is 26.0 Å². The number of amides is 1. The largest absolute Gasteiger partial charge is 0.398 e. The van der Waals surface area contributed by atoms with Crippen LogP contribution in [0.15, 0.2) is 31.0 Å². The van der Waals surface area contributed by atoms with Crippen molar-refractivity contribution >= 4 is 11.6 Å². The first-order valence-corrected chi connectivity index (χ1v) is 6.18. The molecule has 7 heteroatoms. The highest BCUT2D eigenvalue weighted by atomic mass is 16.5. The Kier molecular flexibility index (Phi) is 4.67. The Morgan fingerprint density at radius 1 is 1.45 bits per heavy atom. The Hall–Kier alpha value is -2.41. The molecule has 2 rings (SSSR count). The number of nitrogens with zero attached hydrogens (tertiary/aromatic N) is 3. The van der Waals surface area contributed by atoms with Gasteiger partial charge in [-0.2, -0.15) is 0 Å². The van der Waals surface area contributed by atoms with Crippen LogP contribution in [0.25, 0.3) is 11.3 Å². The van der Waals surface area contributed by atoms with Crippen molar-refractivity contribution in [1.82, 2.24) is 19.9 Å². The summed E-state index contributed by atoms with van der Waals surface area (Å²) in [7, 11) is 1.59. The second-order valence-corrected chi connectivity index (χ2v) is 4.21. The summed E-state index contributed by atoms with van der Waals surface area (Å²) in [5.41, 5.74) is 8.03. The van der Waals surface area contributed by atoms with Crippen LogP contribution in [0, 0.1) is 0 Å². The molecule has 0 fully saturated rings. The zero-order valence-electron chi connectivity index (χ0n) is 11.2. The molecule has 0 atom stereocenters. The van der Waals surface area contributed by atoms with E-state index in [0.29, 0.717) is 18.8 Å². The predicted molar refractivity (Wildman–Crippen MR) is 74.8 cm³/mol. The van der Waals surface area contributed by atoms with Gasteiger partial charge >= 0.3 is 0 Å². The van der Waals surface area contributed by atoms with Crippen LogP contribution in [0.4, 0.5) is 5.69 Å². The number of nitrogen functional groups attached to an aromatic ring is 1. The number of hydrogen-bond donors (Lipinski definition) is 2. The van der Waals surface area contributed by atoms with Crippen molar-refractivity contribution in [2.24, 2.45) is 0 Å². The number of methoxy groups -OCH3 is 1. The third-order valence-corrected chi connectivity index (χ3v) is 2.79. The Bertz CT molecular complexity index is 582. The molecule has 7 nitrogen and oxygen atoms in total. The third-order valence-electron chi connectivity index (χ3n) is 2.79. The Morgan fingerprint density at radius 2 is 2.30 bits per heavy atom. The van der Waals surface area contributed by atoms with Crippen molar-refractivity contribution in [3.63, 3.8) is 0 Å².